The molecule has 4 heteroatoms. The molecule has 3 nitrogen and oxygen atoms in total. The van der Waals surface area contributed by atoms with Crippen LogP contribution in [-0.2, 0) is 6.54 Å². The quantitative estimate of drug-likeness (QED) is 0.941. The van der Waals surface area contributed by atoms with E-state index in [0.29, 0.717) is 24.6 Å². The summed E-state index contributed by atoms with van der Waals surface area (Å²) in [6.07, 6.45) is 0. The zero-order valence-electron chi connectivity index (χ0n) is 12.0. The van der Waals surface area contributed by atoms with Crippen molar-refractivity contribution >= 4 is 5.96 Å². The van der Waals surface area contributed by atoms with Crippen molar-refractivity contribution in [3.63, 3.8) is 0 Å². The topological polar surface area (TPSA) is 41.6 Å². The molecule has 0 fully saturated rings. The van der Waals surface area contributed by atoms with Gasteiger partial charge in [-0.2, -0.15) is 0 Å². The van der Waals surface area contributed by atoms with Gasteiger partial charge in [0, 0.05) is 6.54 Å². The van der Waals surface area contributed by atoms with Gasteiger partial charge in [0.25, 0.3) is 0 Å². The average Bonchev–Trinajstić information content (AvgIpc) is 2.85. The number of benzene rings is 2. The lowest BCUT2D eigenvalue weighted by molar-refractivity contribution is 0.339. The van der Waals surface area contributed by atoms with E-state index in [0.717, 1.165) is 11.1 Å². The van der Waals surface area contributed by atoms with Gasteiger partial charge in [-0.25, -0.2) is 4.39 Å². The summed E-state index contributed by atoms with van der Waals surface area (Å²) in [5.41, 5.74) is 8.73. The first-order valence-corrected chi connectivity index (χ1v) is 7.01. The zero-order valence-corrected chi connectivity index (χ0v) is 12.0. The molecule has 2 aromatic rings. The Kier molecular flexibility index (Phi) is 3.60. The van der Waals surface area contributed by atoms with E-state index in [4.69, 9.17) is 5.73 Å². The van der Waals surface area contributed by atoms with Gasteiger partial charge >= 0.3 is 0 Å². The lowest BCUT2D eigenvalue weighted by atomic mass is 10.0. The van der Waals surface area contributed by atoms with E-state index in [-0.39, 0.29) is 11.9 Å². The van der Waals surface area contributed by atoms with Crippen LogP contribution in [0.15, 0.2) is 53.5 Å². The fourth-order valence-corrected chi connectivity index (χ4v) is 2.60. The Labute approximate surface area is 123 Å². The van der Waals surface area contributed by atoms with Crippen LogP contribution in [0.1, 0.15) is 22.7 Å². The Balaban J connectivity index is 1.86. The van der Waals surface area contributed by atoms with Crippen LogP contribution in [0.3, 0.4) is 0 Å². The largest absolute Gasteiger partial charge is 0.370 e. The minimum atomic E-state index is -0.183. The highest BCUT2D eigenvalue weighted by Crippen LogP contribution is 2.28. The standard InChI is InChI=1S/C17H18FN3/c1-12-7-8-14(9-15(12)18)16-10-20-17(19)21(16)11-13-5-3-2-4-6-13/h2-9,16H,10-11H2,1H3,(H2,19,20). The monoisotopic (exact) mass is 283 g/mol. The molecule has 1 atom stereocenters. The van der Waals surface area contributed by atoms with Crippen LogP contribution in [0.2, 0.25) is 0 Å². The second-order valence-electron chi connectivity index (χ2n) is 5.34. The number of hydrogen-bond donors (Lipinski definition) is 1. The molecule has 21 heavy (non-hydrogen) atoms. The zero-order chi connectivity index (χ0) is 14.8. The van der Waals surface area contributed by atoms with Gasteiger partial charge in [-0.3, -0.25) is 4.99 Å². The van der Waals surface area contributed by atoms with E-state index in [9.17, 15) is 4.39 Å². The second-order valence-corrected chi connectivity index (χ2v) is 5.34. The van der Waals surface area contributed by atoms with Gasteiger partial charge < -0.3 is 10.6 Å². The highest BCUT2D eigenvalue weighted by atomic mass is 19.1. The molecule has 2 aromatic carbocycles. The molecular weight excluding hydrogens is 265 g/mol. The number of aryl methyl sites for hydroxylation is 1. The molecule has 2 N–H and O–H groups in total. The minimum absolute atomic E-state index is 0.000283. The van der Waals surface area contributed by atoms with Crippen molar-refractivity contribution in [2.24, 2.45) is 10.7 Å². The Morgan fingerprint density at radius 3 is 2.71 bits per heavy atom. The first kappa shape index (κ1) is 13.6. The SMILES string of the molecule is Cc1ccc(C2CN=C(N)N2Cc2ccccc2)cc1F. The summed E-state index contributed by atoms with van der Waals surface area (Å²) >= 11 is 0. The molecule has 0 aromatic heterocycles. The van der Waals surface area contributed by atoms with Crippen molar-refractivity contribution in [3.8, 4) is 0 Å². The Morgan fingerprint density at radius 2 is 2.00 bits per heavy atom. The number of halogens is 1. The number of hydrogen-bond acceptors (Lipinski definition) is 3. The summed E-state index contributed by atoms with van der Waals surface area (Å²) in [5, 5.41) is 0. The van der Waals surface area contributed by atoms with Crippen LogP contribution in [0.4, 0.5) is 4.39 Å². The maximum absolute atomic E-state index is 13.8. The molecule has 1 aliphatic rings. The summed E-state index contributed by atoms with van der Waals surface area (Å²) in [7, 11) is 0. The number of guanidine groups is 1. The fourth-order valence-electron chi connectivity index (χ4n) is 2.60. The van der Waals surface area contributed by atoms with Gasteiger partial charge in [0.15, 0.2) is 5.96 Å². The van der Waals surface area contributed by atoms with Crippen LogP contribution in [0.5, 0.6) is 0 Å². The van der Waals surface area contributed by atoms with Crippen molar-refractivity contribution in [1.82, 2.24) is 4.90 Å². The molecule has 0 saturated heterocycles. The summed E-state index contributed by atoms with van der Waals surface area (Å²) in [4.78, 5) is 6.35. The van der Waals surface area contributed by atoms with Crippen molar-refractivity contribution in [2.45, 2.75) is 19.5 Å². The van der Waals surface area contributed by atoms with Gasteiger partial charge in [0.05, 0.1) is 12.6 Å². The van der Waals surface area contributed by atoms with Crippen LogP contribution in [0.25, 0.3) is 0 Å². The fraction of sp³-hybridized carbons (Fsp3) is 0.235. The van der Waals surface area contributed by atoms with E-state index in [1.165, 1.54) is 0 Å². The predicted octanol–water partition coefficient (Wildman–Crippen LogP) is 3.01. The van der Waals surface area contributed by atoms with E-state index in [1.54, 1.807) is 19.1 Å². The number of nitrogens with two attached hydrogens (primary N) is 1. The van der Waals surface area contributed by atoms with Gasteiger partial charge in [-0.15, -0.1) is 0 Å². The molecule has 0 amide bonds. The van der Waals surface area contributed by atoms with E-state index in [1.807, 2.05) is 29.2 Å². The summed E-state index contributed by atoms with van der Waals surface area (Å²) in [5.74, 6) is 0.336. The van der Waals surface area contributed by atoms with E-state index >= 15 is 0 Å². The third kappa shape index (κ3) is 2.75. The first-order chi connectivity index (χ1) is 10.1. The van der Waals surface area contributed by atoms with Crippen molar-refractivity contribution in [3.05, 3.63) is 71.0 Å². The molecule has 1 unspecified atom stereocenters. The molecule has 0 radical (unpaired) electrons. The normalized spacial score (nSPS) is 17.9. The molecule has 0 aliphatic carbocycles. The molecule has 1 heterocycles. The maximum atomic E-state index is 13.8. The number of aliphatic imine (C=N–C) groups is 1. The third-order valence-corrected chi connectivity index (χ3v) is 3.87. The van der Waals surface area contributed by atoms with Crippen molar-refractivity contribution < 1.29 is 4.39 Å². The molecule has 1 aliphatic heterocycles. The van der Waals surface area contributed by atoms with E-state index < -0.39 is 0 Å². The highest BCUT2D eigenvalue weighted by Gasteiger charge is 2.27. The van der Waals surface area contributed by atoms with Gasteiger partial charge in [-0.05, 0) is 29.7 Å². The first-order valence-electron chi connectivity index (χ1n) is 7.01. The lowest BCUT2D eigenvalue weighted by Gasteiger charge is -2.27. The molecule has 0 spiro atoms. The number of nitrogens with zero attached hydrogens (tertiary/aromatic N) is 2. The lowest BCUT2D eigenvalue weighted by Crippen LogP contribution is -2.35. The highest BCUT2D eigenvalue weighted by molar-refractivity contribution is 5.80. The van der Waals surface area contributed by atoms with Gasteiger partial charge in [0.1, 0.15) is 5.82 Å². The average molecular weight is 283 g/mol. The van der Waals surface area contributed by atoms with E-state index in [2.05, 4.69) is 17.1 Å². The van der Waals surface area contributed by atoms with Crippen LogP contribution < -0.4 is 5.73 Å². The van der Waals surface area contributed by atoms with Crippen LogP contribution >= 0.6 is 0 Å². The Morgan fingerprint density at radius 1 is 1.24 bits per heavy atom. The summed E-state index contributed by atoms with van der Waals surface area (Å²) < 4.78 is 13.8. The Hall–Kier alpha value is -2.36. The predicted molar refractivity (Wildman–Crippen MR) is 82.4 cm³/mol. The second kappa shape index (κ2) is 5.56. The Bertz CT molecular complexity index is 667. The van der Waals surface area contributed by atoms with Crippen LogP contribution in [-0.4, -0.2) is 17.4 Å². The summed E-state index contributed by atoms with van der Waals surface area (Å²) in [6.45, 7) is 3.01. The van der Waals surface area contributed by atoms with Crippen molar-refractivity contribution in [2.75, 3.05) is 6.54 Å². The molecule has 0 bridgehead atoms. The maximum Gasteiger partial charge on any atom is 0.192 e. The van der Waals surface area contributed by atoms with Gasteiger partial charge in [0.2, 0.25) is 0 Å². The summed E-state index contributed by atoms with van der Waals surface area (Å²) in [6, 6.07) is 15.4. The van der Waals surface area contributed by atoms with Crippen LogP contribution in [0, 0.1) is 12.7 Å². The molecule has 3 rings (SSSR count). The minimum Gasteiger partial charge on any atom is -0.370 e. The third-order valence-electron chi connectivity index (χ3n) is 3.87. The van der Waals surface area contributed by atoms with Gasteiger partial charge in [-0.1, -0.05) is 42.5 Å². The molecule has 0 saturated carbocycles. The smallest absolute Gasteiger partial charge is 0.192 e. The van der Waals surface area contributed by atoms with Crippen molar-refractivity contribution in [1.29, 1.82) is 0 Å². The number of rotatable bonds is 3. The molecule has 108 valence electrons. The molecular formula is C17H18FN3.